The van der Waals surface area contributed by atoms with Gasteiger partial charge in [0.2, 0.25) is 0 Å². The van der Waals surface area contributed by atoms with Gasteiger partial charge in [-0.1, -0.05) is 0 Å². The number of nitrogens with two attached hydrogens (primary N) is 2. The summed E-state index contributed by atoms with van der Waals surface area (Å²) in [4.78, 5) is 9.00. The zero-order valence-electron chi connectivity index (χ0n) is 3.27. The highest BCUT2D eigenvalue weighted by atomic mass is 32.1. The standard InChI is InChI=1S/CH4N2O.H3N.H2S/c2-1(3)4;;/h(H4,2,3,4);1H3;1H2. The molecule has 0 aliphatic carbocycles. The lowest BCUT2D eigenvalue weighted by Gasteiger charge is -1.62. The maximum atomic E-state index is 9.00. The van der Waals surface area contributed by atoms with E-state index in [0.29, 0.717) is 0 Å². The van der Waals surface area contributed by atoms with E-state index in [-0.39, 0.29) is 19.6 Å². The van der Waals surface area contributed by atoms with Gasteiger partial charge in [-0.05, 0) is 0 Å². The van der Waals surface area contributed by atoms with Crippen LogP contribution >= 0.6 is 13.5 Å². The van der Waals surface area contributed by atoms with Crippen LogP contribution in [-0.4, -0.2) is 6.03 Å². The van der Waals surface area contributed by atoms with Crippen LogP contribution in [0.5, 0.6) is 0 Å². The van der Waals surface area contributed by atoms with Crippen LogP contribution in [0.15, 0.2) is 0 Å². The van der Waals surface area contributed by atoms with Crippen molar-refractivity contribution in [2.75, 3.05) is 0 Å². The molecule has 0 saturated heterocycles. The van der Waals surface area contributed by atoms with E-state index in [9.17, 15) is 0 Å². The summed E-state index contributed by atoms with van der Waals surface area (Å²) < 4.78 is 0. The van der Waals surface area contributed by atoms with Gasteiger partial charge in [0, 0.05) is 0 Å². The molecular weight excluding hydrogens is 102 g/mol. The molecule has 0 heterocycles. The van der Waals surface area contributed by atoms with Crippen LogP contribution in [0.3, 0.4) is 0 Å². The van der Waals surface area contributed by atoms with Crippen molar-refractivity contribution in [2.24, 2.45) is 11.5 Å². The molecule has 0 aliphatic rings. The predicted molar refractivity (Wildman–Crippen MR) is 29.2 cm³/mol. The molecule has 0 aromatic rings. The van der Waals surface area contributed by atoms with E-state index in [1.165, 1.54) is 0 Å². The number of carbonyl (C=O) groups excluding carboxylic acids is 1. The van der Waals surface area contributed by atoms with Crippen molar-refractivity contribution in [1.29, 1.82) is 0 Å². The Labute approximate surface area is 42.9 Å². The highest BCUT2D eigenvalue weighted by Gasteiger charge is 1.60. The number of rotatable bonds is 0. The molecule has 0 atom stereocenters. The first kappa shape index (κ1) is 17.6. The van der Waals surface area contributed by atoms with Gasteiger partial charge in [0.05, 0.1) is 0 Å². The van der Waals surface area contributed by atoms with Crippen molar-refractivity contribution in [3.8, 4) is 0 Å². The Hall–Kier alpha value is -0.420. The van der Waals surface area contributed by atoms with Gasteiger partial charge in [0.25, 0.3) is 0 Å². The Morgan fingerprint density at radius 2 is 1.33 bits per heavy atom. The minimum atomic E-state index is -0.833. The van der Waals surface area contributed by atoms with E-state index in [2.05, 4.69) is 11.5 Å². The summed E-state index contributed by atoms with van der Waals surface area (Å²) in [7, 11) is 0. The zero-order chi connectivity index (χ0) is 3.58. The summed E-state index contributed by atoms with van der Waals surface area (Å²) in [6, 6.07) is -0.833. The fourth-order valence-corrected chi connectivity index (χ4v) is 0. The van der Waals surface area contributed by atoms with Crippen LogP contribution in [0.2, 0.25) is 0 Å². The van der Waals surface area contributed by atoms with Crippen LogP contribution in [-0.2, 0) is 0 Å². The molecule has 0 unspecified atom stereocenters. The maximum Gasteiger partial charge on any atom is 0.309 e. The van der Waals surface area contributed by atoms with Crippen molar-refractivity contribution in [3.05, 3.63) is 0 Å². The summed E-state index contributed by atoms with van der Waals surface area (Å²) in [6.07, 6.45) is 0. The lowest BCUT2D eigenvalue weighted by Crippen LogP contribution is -2.18. The third-order valence-electron chi connectivity index (χ3n) is 0. The fourth-order valence-electron chi connectivity index (χ4n) is 0. The lowest BCUT2D eigenvalue weighted by atomic mass is 11.2. The molecule has 0 rings (SSSR count). The van der Waals surface area contributed by atoms with Crippen molar-refractivity contribution in [3.63, 3.8) is 0 Å². The number of amides is 2. The van der Waals surface area contributed by atoms with Crippen LogP contribution in [0, 0.1) is 0 Å². The van der Waals surface area contributed by atoms with Gasteiger partial charge < -0.3 is 17.6 Å². The molecule has 40 valence electrons. The smallest absolute Gasteiger partial charge is 0.309 e. The second kappa shape index (κ2) is 8.82. The zero-order valence-corrected chi connectivity index (χ0v) is 4.27. The monoisotopic (exact) mass is 111 g/mol. The molecule has 0 aromatic carbocycles. The Morgan fingerprint density at radius 1 is 1.33 bits per heavy atom. The molecule has 0 spiro atoms. The number of carbonyl (C=O) groups is 1. The van der Waals surface area contributed by atoms with Crippen LogP contribution in [0.4, 0.5) is 4.79 Å². The fraction of sp³-hybridized carbons (Fsp3) is 0. The van der Waals surface area contributed by atoms with Gasteiger partial charge in [-0.25, -0.2) is 4.79 Å². The molecule has 0 bridgehead atoms. The average molecular weight is 111 g/mol. The third-order valence-corrected chi connectivity index (χ3v) is 0. The van der Waals surface area contributed by atoms with E-state index >= 15 is 0 Å². The summed E-state index contributed by atoms with van der Waals surface area (Å²) in [6.45, 7) is 0. The maximum absolute atomic E-state index is 9.00. The second-order valence-electron chi connectivity index (χ2n) is 0.402. The summed E-state index contributed by atoms with van der Waals surface area (Å²) >= 11 is 0. The van der Waals surface area contributed by atoms with Crippen molar-refractivity contribution < 1.29 is 4.79 Å². The molecule has 2 amide bonds. The minimum Gasteiger partial charge on any atom is -0.352 e. The SMILES string of the molecule is N.NC(N)=O.S. The van der Waals surface area contributed by atoms with Gasteiger partial charge in [0.1, 0.15) is 0 Å². The second-order valence-corrected chi connectivity index (χ2v) is 0.402. The Morgan fingerprint density at radius 3 is 1.33 bits per heavy atom. The Bertz CT molecular complexity index is 33.8. The quantitative estimate of drug-likeness (QED) is 0.384. The van der Waals surface area contributed by atoms with Crippen LogP contribution in [0.1, 0.15) is 0 Å². The summed E-state index contributed by atoms with van der Waals surface area (Å²) in [5, 5.41) is 0. The summed E-state index contributed by atoms with van der Waals surface area (Å²) in [5.74, 6) is 0. The van der Waals surface area contributed by atoms with Crippen molar-refractivity contribution in [2.45, 2.75) is 0 Å². The molecule has 5 heteroatoms. The van der Waals surface area contributed by atoms with Gasteiger partial charge in [-0.15, -0.1) is 0 Å². The first-order chi connectivity index (χ1) is 1.73. The third kappa shape index (κ3) is 135. The van der Waals surface area contributed by atoms with E-state index in [1.54, 1.807) is 0 Å². The molecule has 0 saturated carbocycles. The lowest BCUT2D eigenvalue weighted by molar-refractivity contribution is 0.256. The van der Waals surface area contributed by atoms with E-state index < -0.39 is 6.03 Å². The average Bonchev–Trinajstić information content (AvgIpc) is 0.811. The van der Waals surface area contributed by atoms with Crippen LogP contribution < -0.4 is 17.6 Å². The molecule has 6 heavy (non-hydrogen) atoms. The van der Waals surface area contributed by atoms with Crippen molar-refractivity contribution >= 4 is 19.5 Å². The molecular formula is CH9N3OS. The largest absolute Gasteiger partial charge is 0.352 e. The van der Waals surface area contributed by atoms with E-state index in [0.717, 1.165) is 0 Å². The van der Waals surface area contributed by atoms with Gasteiger partial charge >= 0.3 is 6.03 Å². The van der Waals surface area contributed by atoms with Gasteiger partial charge in [-0.2, -0.15) is 13.5 Å². The highest BCUT2D eigenvalue weighted by Crippen LogP contribution is 1.25. The predicted octanol–water partition coefficient (Wildman–Crippen LogP) is -0.701. The minimum absolute atomic E-state index is 0. The Balaban J connectivity index is -0.0000000450. The normalized spacial score (nSPS) is 4.00. The Kier molecular flexibility index (Phi) is 25.8. The number of urea groups is 1. The van der Waals surface area contributed by atoms with Crippen LogP contribution in [0.25, 0.3) is 0 Å². The molecule has 7 N–H and O–H groups in total. The van der Waals surface area contributed by atoms with E-state index in [1.807, 2.05) is 0 Å². The number of hydrogen-bond donors (Lipinski definition) is 3. The summed E-state index contributed by atoms with van der Waals surface area (Å²) in [5.41, 5.74) is 8.50. The molecule has 4 nitrogen and oxygen atoms in total. The first-order valence-corrected chi connectivity index (χ1v) is 0.781. The first-order valence-electron chi connectivity index (χ1n) is 0.781. The van der Waals surface area contributed by atoms with Gasteiger partial charge in [-0.3, -0.25) is 0 Å². The molecule has 0 aromatic heterocycles. The molecule has 0 aliphatic heterocycles. The molecule has 0 fully saturated rings. The van der Waals surface area contributed by atoms with Gasteiger partial charge in [0.15, 0.2) is 0 Å². The topological polar surface area (TPSA) is 104 Å². The van der Waals surface area contributed by atoms with E-state index in [4.69, 9.17) is 4.79 Å². The number of hydrogen-bond acceptors (Lipinski definition) is 2. The highest BCUT2D eigenvalue weighted by molar-refractivity contribution is 7.59. The van der Waals surface area contributed by atoms with Crippen molar-refractivity contribution in [1.82, 2.24) is 6.15 Å². The number of primary amides is 2. The molecule has 0 radical (unpaired) electrons.